The number of hydrogen-bond acceptors (Lipinski definition) is 6. The largest absolute Gasteiger partial charge is 0.308 e. The van der Waals surface area contributed by atoms with Crippen LogP contribution in [-0.4, -0.2) is 54.8 Å². The van der Waals surface area contributed by atoms with Crippen LogP contribution in [0.3, 0.4) is 0 Å². The SMILES string of the molecule is Cc1ccc2sc(N(CCN(C)C)C(=O)c3ccc(N4C(=O)CCC4=O)cc3)nc2c1C. The number of aryl methyl sites for hydroxylation is 2. The third-order valence-corrected chi connectivity index (χ3v) is 6.79. The van der Waals surface area contributed by atoms with E-state index in [-0.39, 0.29) is 30.6 Å². The summed E-state index contributed by atoms with van der Waals surface area (Å²) in [6.45, 7) is 5.29. The van der Waals surface area contributed by atoms with Crippen molar-refractivity contribution in [3.8, 4) is 0 Å². The van der Waals surface area contributed by atoms with Crippen LogP contribution >= 0.6 is 11.3 Å². The highest BCUT2D eigenvalue weighted by atomic mass is 32.1. The van der Waals surface area contributed by atoms with Gasteiger partial charge in [0.2, 0.25) is 11.8 Å². The van der Waals surface area contributed by atoms with E-state index in [1.807, 2.05) is 32.0 Å². The Labute approximate surface area is 191 Å². The molecule has 2 heterocycles. The van der Waals surface area contributed by atoms with Crippen molar-refractivity contribution in [2.24, 2.45) is 0 Å². The Hall–Kier alpha value is -3.10. The number of anilines is 2. The molecule has 0 N–H and O–H groups in total. The maximum atomic E-state index is 13.5. The molecule has 7 nitrogen and oxygen atoms in total. The fourth-order valence-electron chi connectivity index (χ4n) is 3.69. The molecule has 0 aliphatic carbocycles. The van der Waals surface area contributed by atoms with Gasteiger partial charge in [-0.3, -0.25) is 24.2 Å². The molecular formula is C24H26N4O3S. The topological polar surface area (TPSA) is 73.8 Å². The lowest BCUT2D eigenvalue weighted by Gasteiger charge is -2.22. The minimum Gasteiger partial charge on any atom is -0.308 e. The number of rotatable bonds is 6. The number of benzene rings is 2. The molecular weight excluding hydrogens is 424 g/mol. The Morgan fingerprint density at radius 3 is 2.28 bits per heavy atom. The third-order valence-electron chi connectivity index (χ3n) is 5.74. The zero-order valence-electron chi connectivity index (χ0n) is 18.7. The third kappa shape index (κ3) is 4.16. The van der Waals surface area contributed by atoms with Crippen molar-refractivity contribution in [3.63, 3.8) is 0 Å². The molecule has 0 spiro atoms. The van der Waals surface area contributed by atoms with Crippen molar-refractivity contribution in [3.05, 3.63) is 53.1 Å². The fourth-order valence-corrected chi connectivity index (χ4v) is 4.74. The summed E-state index contributed by atoms with van der Waals surface area (Å²) >= 11 is 1.50. The van der Waals surface area contributed by atoms with Crippen molar-refractivity contribution in [1.29, 1.82) is 0 Å². The van der Waals surface area contributed by atoms with Gasteiger partial charge < -0.3 is 4.90 Å². The molecule has 0 unspecified atom stereocenters. The van der Waals surface area contributed by atoms with E-state index in [4.69, 9.17) is 4.98 Å². The van der Waals surface area contributed by atoms with Crippen molar-refractivity contribution in [2.45, 2.75) is 26.7 Å². The van der Waals surface area contributed by atoms with Gasteiger partial charge in [-0.1, -0.05) is 17.4 Å². The highest BCUT2D eigenvalue weighted by molar-refractivity contribution is 7.22. The predicted molar refractivity (Wildman–Crippen MR) is 127 cm³/mol. The molecule has 1 saturated heterocycles. The van der Waals surface area contributed by atoms with Crippen LogP contribution in [0.25, 0.3) is 10.2 Å². The molecule has 1 aliphatic heterocycles. The van der Waals surface area contributed by atoms with Crippen molar-refractivity contribution < 1.29 is 14.4 Å². The molecule has 1 aromatic heterocycles. The number of amides is 3. The zero-order valence-corrected chi connectivity index (χ0v) is 19.5. The van der Waals surface area contributed by atoms with E-state index in [1.54, 1.807) is 29.2 Å². The molecule has 0 radical (unpaired) electrons. The summed E-state index contributed by atoms with van der Waals surface area (Å²) in [5.41, 5.74) is 4.20. The van der Waals surface area contributed by atoms with Gasteiger partial charge in [0.05, 0.1) is 15.9 Å². The Morgan fingerprint density at radius 1 is 1.00 bits per heavy atom. The quantitative estimate of drug-likeness (QED) is 0.535. The first-order valence-electron chi connectivity index (χ1n) is 10.6. The zero-order chi connectivity index (χ0) is 23.0. The lowest BCUT2D eigenvalue weighted by Crippen LogP contribution is -2.36. The van der Waals surface area contributed by atoms with E-state index in [9.17, 15) is 14.4 Å². The minimum atomic E-state index is -0.207. The maximum Gasteiger partial charge on any atom is 0.260 e. The van der Waals surface area contributed by atoms with E-state index >= 15 is 0 Å². The number of imide groups is 1. The van der Waals surface area contributed by atoms with E-state index in [2.05, 4.69) is 13.0 Å². The highest BCUT2D eigenvalue weighted by Gasteiger charge is 2.30. The molecule has 1 fully saturated rings. The normalized spacial score (nSPS) is 14.1. The van der Waals surface area contributed by atoms with E-state index in [1.165, 1.54) is 21.8 Å². The van der Waals surface area contributed by atoms with E-state index < -0.39 is 0 Å². The van der Waals surface area contributed by atoms with Crippen LogP contribution < -0.4 is 9.80 Å². The minimum absolute atomic E-state index is 0.161. The molecule has 3 aromatic rings. The first kappa shape index (κ1) is 22.1. The van der Waals surface area contributed by atoms with Gasteiger partial charge in [0.25, 0.3) is 5.91 Å². The first-order valence-corrected chi connectivity index (χ1v) is 11.4. The van der Waals surface area contributed by atoms with Gasteiger partial charge in [-0.05, 0) is 69.4 Å². The van der Waals surface area contributed by atoms with Crippen LogP contribution in [0.2, 0.25) is 0 Å². The Balaban J connectivity index is 1.66. The number of hydrogen-bond donors (Lipinski definition) is 0. The number of thiazole rings is 1. The molecule has 1 aliphatic rings. The molecule has 166 valence electrons. The predicted octanol–water partition coefficient (Wildman–Crippen LogP) is 3.77. The van der Waals surface area contributed by atoms with Crippen LogP contribution in [-0.2, 0) is 9.59 Å². The second-order valence-corrected chi connectivity index (χ2v) is 9.29. The summed E-state index contributed by atoms with van der Waals surface area (Å²) in [7, 11) is 3.93. The summed E-state index contributed by atoms with van der Waals surface area (Å²) in [4.78, 5) is 47.2. The summed E-state index contributed by atoms with van der Waals surface area (Å²) in [6, 6.07) is 10.8. The molecule has 8 heteroatoms. The Kier molecular flexibility index (Phi) is 6.08. The molecule has 0 bridgehead atoms. The van der Waals surface area contributed by atoms with E-state index in [0.29, 0.717) is 29.5 Å². The van der Waals surface area contributed by atoms with Gasteiger partial charge >= 0.3 is 0 Å². The van der Waals surface area contributed by atoms with Gasteiger partial charge in [0.1, 0.15) is 0 Å². The molecule has 0 saturated carbocycles. The average Bonchev–Trinajstić information content (AvgIpc) is 3.34. The smallest absolute Gasteiger partial charge is 0.260 e. The summed E-state index contributed by atoms with van der Waals surface area (Å²) in [5, 5.41) is 0.662. The van der Waals surface area contributed by atoms with Crippen LogP contribution in [0, 0.1) is 13.8 Å². The molecule has 0 atom stereocenters. The van der Waals surface area contributed by atoms with Gasteiger partial charge in [-0.25, -0.2) is 4.98 Å². The second kappa shape index (κ2) is 8.80. The average molecular weight is 451 g/mol. The van der Waals surface area contributed by atoms with Gasteiger partial charge in [0.15, 0.2) is 5.13 Å². The van der Waals surface area contributed by atoms with Gasteiger partial charge in [-0.15, -0.1) is 0 Å². The van der Waals surface area contributed by atoms with E-state index in [0.717, 1.165) is 15.8 Å². The maximum absolute atomic E-state index is 13.5. The van der Waals surface area contributed by atoms with Crippen LogP contribution in [0.15, 0.2) is 36.4 Å². The summed E-state index contributed by atoms with van der Waals surface area (Å²) in [6.07, 6.45) is 0.461. The van der Waals surface area contributed by atoms with Gasteiger partial charge in [0, 0.05) is 31.5 Å². The standard InChI is InChI=1S/C24H26N4O3S/c1-15-5-10-19-22(16(15)2)25-24(32-19)27(14-13-26(3)4)23(31)17-6-8-18(9-7-17)28-20(29)11-12-21(28)30/h5-10H,11-14H2,1-4H3. The first-order chi connectivity index (χ1) is 15.3. The second-order valence-electron chi connectivity index (χ2n) is 8.28. The molecule has 4 rings (SSSR count). The number of fused-ring (bicyclic) bond motifs is 1. The Morgan fingerprint density at radius 2 is 1.66 bits per heavy atom. The summed E-state index contributed by atoms with van der Waals surface area (Å²) in [5.74, 6) is -0.574. The fraction of sp³-hybridized carbons (Fsp3) is 0.333. The van der Waals surface area contributed by atoms with Crippen molar-refractivity contribution in [2.75, 3.05) is 37.0 Å². The lowest BCUT2D eigenvalue weighted by atomic mass is 10.1. The van der Waals surface area contributed by atoms with Crippen molar-refractivity contribution in [1.82, 2.24) is 9.88 Å². The lowest BCUT2D eigenvalue weighted by molar-refractivity contribution is -0.121. The van der Waals surface area contributed by atoms with Crippen molar-refractivity contribution >= 4 is 50.1 Å². The number of likely N-dealkylation sites (N-methyl/N-ethyl adjacent to an activating group) is 1. The number of carbonyl (C=O) groups is 3. The van der Waals surface area contributed by atoms with Crippen LogP contribution in [0.1, 0.15) is 34.3 Å². The molecule has 3 amide bonds. The Bertz CT molecular complexity index is 1180. The van der Waals surface area contributed by atoms with Crippen LogP contribution in [0.5, 0.6) is 0 Å². The van der Waals surface area contributed by atoms with Crippen LogP contribution in [0.4, 0.5) is 10.8 Å². The highest BCUT2D eigenvalue weighted by Crippen LogP contribution is 2.33. The number of carbonyl (C=O) groups excluding carboxylic acids is 3. The molecule has 2 aromatic carbocycles. The monoisotopic (exact) mass is 450 g/mol. The number of nitrogens with zero attached hydrogens (tertiary/aromatic N) is 4. The molecule has 32 heavy (non-hydrogen) atoms. The van der Waals surface area contributed by atoms with Gasteiger partial charge in [-0.2, -0.15) is 0 Å². The summed E-state index contributed by atoms with van der Waals surface area (Å²) < 4.78 is 1.05. The number of aromatic nitrogens is 1.